The first-order valence-electron chi connectivity index (χ1n) is 5.47. The highest BCUT2D eigenvalue weighted by molar-refractivity contribution is 5.29. The van der Waals surface area contributed by atoms with Gasteiger partial charge in [0.05, 0.1) is 0 Å². The molecule has 0 aliphatic rings. The predicted octanol–water partition coefficient (Wildman–Crippen LogP) is 3.27. The van der Waals surface area contributed by atoms with Gasteiger partial charge in [-0.25, -0.2) is 0 Å². The topological polar surface area (TPSA) is 35.2 Å². The number of hydrogen-bond donors (Lipinski definition) is 1. The molecule has 0 heterocycles. The van der Waals surface area contributed by atoms with Crippen LogP contribution in [-0.2, 0) is 0 Å². The van der Waals surface area contributed by atoms with Crippen molar-refractivity contribution >= 4 is 0 Å². The summed E-state index contributed by atoms with van der Waals surface area (Å²) in [4.78, 5) is 0. The van der Waals surface area contributed by atoms with Gasteiger partial charge in [-0.1, -0.05) is 19.1 Å². The van der Waals surface area contributed by atoms with Gasteiger partial charge in [0.1, 0.15) is 11.4 Å². The largest absolute Gasteiger partial charge is 0.488 e. The van der Waals surface area contributed by atoms with E-state index in [2.05, 4.69) is 6.92 Å². The van der Waals surface area contributed by atoms with Crippen LogP contribution < -0.4 is 10.5 Å². The fourth-order valence-electron chi connectivity index (χ4n) is 1.37. The Hall–Kier alpha value is -1.02. The molecule has 2 N–H and O–H groups in total. The van der Waals surface area contributed by atoms with Crippen molar-refractivity contribution in [3.8, 4) is 5.75 Å². The average Bonchev–Trinajstić information content (AvgIpc) is 2.15. The molecule has 0 aromatic heterocycles. The molecule has 0 fully saturated rings. The normalized spacial score (nSPS) is 13.7. The van der Waals surface area contributed by atoms with E-state index >= 15 is 0 Å². The highest BCUT2D eigenvalue weighted by Gasteiger charge is 2.11. The second-order valence-electron chi connectivity index (χ2n) is 4.80. The molecule has 0 aliphatic heterocycles. The Morgan fingerprint density at radius 2 is 1.73 bits per heavy atom. The molecule has 0 amide bonds. The summed E-state index contributed by atoms with van der Waals surface area (Å²) in [5.74, 6) is 0.898. The summed E-state index contributed by atoms with van der Waals surface area (Å²) < 4.78 is 5.73. The highest BCUT2D eigenvalue weighted by atomic mass is 16.5. The van der Waals surface area contributed by atoms with E-state index in [1.807, 2.05) is 45.0 Å². The zero-order chi connectivity index (χ0) is 11.5. The van der Waals surface area contributed by atoms with Gasteiger partial charge < -0.3 is 10.5 Å². The molecule has 84 valence electrons. The van der Waals surface area contributed by atoms with Crippen LogP contribution in [0.5, 0.6) is 5.75 Å². The average molecular weight is 207 g/mol. The van der Waals surface area contributed by atoms with Crippen molar-refractivity contribution in [1.82, 2.24) is 0 Å². The summed E-state index contributed by atoms with van der Waals surface area (Å²) in [5.41, 5.74) is 6.95. The SMILES string of the molecule is CCC(N)c1ccc(OC(C)(C)C)cc1. The molecule has 0 saturated carbocycles. The lowest BCUT2D eigenvalue weighted by Crippen LogP contribution is -2.22. The molecule has 1 aromatic carbocycles. The third-order valence-electron chi connectivity index (χ3n) is 2.17. The van der Waals surface area contributed by atoms with E-state index in [1.165, 1.54) is 5.56 Å². The van der Waals surface area contributed by atoms with Gasteiger partial charge in [-0.2, -0.15) is 0 Å². The lowest BCUT2D eigenvalue weighted by Gasteiger charge is -2.21. The Bertz CT molecular complexity index is 297. The molecule has 1 aromatic rings. The summed E-state index contributed by atoms with van der Waals surface area (Å²) in [7, 11) is 0. The van der Waals surface area contributed by atoms with E-state index in [4.69, 9.17) is 10.5 Å². The number of hydrogen-bond acceptors (Lipinski definition) is 2. The lowest BCUT2D eigenvalue weighted by atomic mass is 10.1. The van der Waals surface area contributed by atoms with Crippen LogP contribution in [0.3, 0.4) is 0 Å². The second kappa shape index (κ2) is 4.67. The monoisotopic (exact) mass is 207 g/mol. The van der Waals surface area contributed by atoms with Crippen molar-refractivity contribution in [2.45, 2.75) is 45.8 Å². The van der Waals surface area contributed by atoms with Crippen molar-refractivity contribution in [2.75, 3.05) is 0 Å². The van der Waals surface area contributed by atoms with Gasteiger partial charge in [0.25, 0.3) is 0 Å². The minimum Gasteiger partial charge on any atom is -0.488 e. The van der Waals surface area contributed by atoms with Crippen LogP contribution in [0, 0.1) is 0 Å². The van der Waals surface area contributed by atoms with E-state index in [9.17, 15) is 0 Å². The maximum absolute atomic E-state index is 5.93. The Morgan fingerprint density at radius 3 is 2.13 bits per heavy atom. The first-order valence-corrected chi connectivity index (χ1v) is 5.47. The first kappa shape index (κ1) is 12.1. The van der Waals surface area contributed by atoms with Gasteiger partial charge in [0, 0.05) is 6.04 Å². The molecule has 0 radical (unpaired) electrons. The van der Waals surface area contributed by atoms with Crippen LogP contribution in [0.25, 0.3) is 0 Å². The highest BCUT2D eigenvalue weighted by Crippen LogP contribution is 2.21. The van der Waals surface area contributed by atoms with Gasteiger partial charge in [-0.05, 0) is 44.9 Å². The Kier molecular flexibility index (Phi) is 3.75. The number of rotatable bonds is 3. The van der Waals surface area contributed by atoms with Crippen LogP contribution in [-0.4, -0.2) is 5.60 Å². The van der Waals surface area contributed by atoms with E-state index in [0.717, 1.165) is 12.2 Å². The second-order valence-corrected chi connectivity index (χ2v) is 4.80. The van der Waals surface area contributed by atoms with Crippen molar-refractivity contribution in [3.63, 3.8) is 0 Å². The number of benzene rings is 1. The molecule has 0 spiro atoms. The van der Waals surface area contributed by atoms with Gasteiger partial charge in [-0.15, -0.1) is 0 Å². The summed E-state index contributed by atoms with van der Waals surface area (Å²) >= 11 is 0. The Balaban J connectivity index is 2.72. The van der Waals surface area contributed by atoms with Crippen molar-refractivity contribution < 1.29 is 4.74 Å². The van der Waals surface area contributed by atoms with Crippen LogP contribution in [0.2, 0.25) is 0 Å². The van der Waals surface area contributed by atoms with Crippen molar-refractivity contribution in [2.24, 2.45) is 5.73 Å². The summed E-state index contributed by atoms with van der Waals surface area (Å²) in [6.07, 6.45) is 0.958. The molecule has 2 heteroatoms. The van der Waals surface area contributed by atoms with Crippen LogP contribution in [0.1, 0.15) is 45.7 Å². The van der Waals surface area contributed by atoms with Crippen LogP contribution in [0.15, 0.2) is 24.3 Å². The maximum atomic E-state index is 5.93. The minimum atomic E-state index is -0.144. The van der Waals surface area contributed by atoms with Crippen molar-refractivity contribution in [3.05, 3.63) is 29.8 Å². The fourth-order valence-corrected chi connectivity index (χ4v) is 1.37. The molecular weight excluding hydrogens is 186 g/mol. The molecule has 15 heavy (non-hydrogen) atoms. The molecule has 0 aliphatic carbocycles. The van der Waals surface area contributed by atoms with Crippen LogP contribution >= 0.6 is 0 Å². The molecule has 1 unspecified atom stereocenters. The van der Waals surface area contributed by atoms with E-state index in [1.54, 1.807) is 0 Å². The molecule has 1 atom stereocenters. The molecule has 0 bridgehead atoms. The standard InChI is InChI=1S/C13H21NO/c1-5-12(14)10-6-8-11(9-7-10)15-13(2,3)4/h6-9,12H,5,14H2,1-4H3. The third-order valence-corrected chi connectivity index (χ3v) is 2.17. The van der Waals surface area contributed by atoms with Gasteiger partial charge in [-0.3, -0.25) is 0 Å². The predicted molar refractivity (Wildman–Crippen MR) is 64.0 cm³/mol. The Morgan fingerprint density at radius 1 is 1.20 bits per heavy atom. The van der Waals surface area contributed by atoms with Gasteiger partial charge >= 0.3 is 0 Å². The third kappa shape index (κ3) is 3.92. The molecular formula is C13H21NO. The van der Waals surface area contributed by atoms with Gasteiger partial charge in [0.2, 0.25) is 0 Å². The van der Waals surface area contributed by atoms with E-state index < -0.39 is 0 Å². The van der Waals surface area contributed by atoms with E-state index in [-0.39, 0.29) is 11.6 Å². The molecule has 0 saturated heterocycles. The number of ether oxygens (including phenoxy) is 1. The lowest BCUT2D eigenvalue weighted by molar-refractivity contribution is 0.131. The zero-order valence-corrected chi connectivity index (χ0v) is 10.1. The molecule has 2 nitrogen and oxygen atoms in total. The maximum Gasteiger partial charge on any atom is 0.120 e. The van der Waals surface area contributed by atoms with Crippen LogP contribution in [0.4, 0.5) is 0 Å². The smallest absolute Gasteiger partial charge is 0.120 e. The van der Waals surface area contributed by atoms with E-state index in [0.29, 0.717) is 0 Å². The molecule has 1 rings (SSSR count). The fraction of sp³-hybridized carbons (Fsp3) is 0.538. The summed E-state index contributed by atoms with van der Waals surface area (Å²) in [6, 6.07) is 8.17. The zero-order valence-electron chi connectivity index (χ0n) is 10.1. The first-order chi connectivity index (χ1) is 6.92. The van der Waals surface area contributed by atoms with Gasteiger partial charge in [0.15, 0.2) is 0 Å². The van der Waals surface area contributed by atoms with Crippen molar-refractivity contribution in [1.29, 1.82) is 0 Å². The summed E-state index contributed by atoms with van der Waals surface area (Å²) in [6.45, 7) is 8.21. The number of nitrogens with two attached hydrogens (primary N) is 1. The summed E-state index contributed by atoms with van der Waals surface area (Å²) in [5, 5.41) is 0. The minimum absolute atomic E-state index is 0.133. The Labute approximate surface area is 92.4 Å². The quantitative estimate of drug-likeness (QED) is 0.825.